The molecule has 0 unspecified atom stereocenters. The van der Waals surface area contributed by atoms with Crippen LogP contribution in [-0.2, 0) is 14.3 Å². The molecular formula is C9H14O4. The fourth-order valence-corrected chi connectivity index (χ4v) is 0.910. The first-order valence-corrected chi connectivity index (χ1v) is 4.14. The summed E-state index contributed by atoms with van der Waals surface area (Å²) in [5, 5.41) is 8.63. The van der Waals surface area contributed by atoms with Crippen molar-refractivity contribution in [1.82, 2.24) is 0 Å². The van der Waals surface area contributed by atoms with Crippen LogP contribution in [0, 0.1) is 0 Å². The summed E-state index contributed by atoms with van der Waals surface area (Å²) in [7, 11) is 0. The fourth-order valence-electron chi connectivity index (χ4n) is 0.910. The van der Waals surface area contributed by atoms with Gasteiger partial charge in [0.05, 0.1) is 6.61 Å². The van der Waals surface area contributed by atoms with Crippen molar-refractivity contribution >= 4 is 11.9 Å². The zero-order chi connectivity index (χ0) is 10.4. The van der Waals surface area contributed by atoms with E-state index in [1.807, 2.05) is 0 Å². The lowest BCUT2D eigenvalue weighted by molar-refractivity contribution is -0.140. The van der Waals surface area contributed by atoms with Crippen molar-refractivity contribution in [3.63, 3.8) is 0 Å². The van der Waals surface area contributed by atoms with Gasteiger partial charge in [0, 0.05) is 11.1 Å². The molecular weight excluding hydrogens is 172 g/mol. The Hall–Kier alpha value is -1.32. The van der Waals surface area contributed by atoms with Crippen LogP contribution >= 0.6 is 0 Å². The Kier molecular flexibility index (Phi) is 4.80. The van der Waals surface area contributed by atoms with Gasteiger partial charge in [0.2, 0.25) is 0 Å². The summed E-state index contributed by atoms with van der Waals surface area (Å²) < 4.78 is 4.71. The molecule has 0 fully saturated rings. The number of carboxylic acids is 1. The van der Waals surface area contributed by atoms with Crippen LogP contribution in [0.4, 0.5) is 0 Å². The number of rotatable bonds is 4. The number of aliphatic carboxylic acids is 1. The monoisotopic (exact) mass is 186 g/mol. The lowest BCUT2D eigenvalue weighted by Crippen LogP contribution is -2.12. The molecule has 13 heavy (non-hydrogen) atoms. The summed E-state index contributed by atoms with van der Waals surface area (Å²) in [5.74, 6) is -1.62. The molecule has 0 aromatic rings. The number of ether oxygens (including phenoxy) is 1. The van der Waals surface area contributed by atoms with E-state index in [-0.39, 0.29) is 17.8 Å². The Bertz CT molecular complexity index is 240. The molecule has 0 aromatic heterocycles. The van der Waals surface area contributed by atoms with Crippen LogP contribution in [0.3, 0.4) is 0 Å². The van der Waals surface area contributed by atoms with Crippen LogP contribution in [0.15, 0.2) is 11.1 Å². The maximum atomic E-state index is 11.2. The van der Waals surface area contributed by atoms with Gasteiger partial charge in [-0.15, -0.1) is 0 Å². The maximum Gasteiger partial charge on any atom is 0.334 e. The van der Waals surface area contributed by atoms with E-state index in [0.717, 1.165) is 0 Å². The molecule has 0 atom stereocenters. The lowest BCUT2D eigenvalue weighted by Gasteiger charge is -2.05. The Morgan fingerprint density at radius 3 is 2.15 bits per heavy atom. The molecule has 0 amide bonds. The first kappa shape index (κ1) is 11.7. The van der Waals surface area contributed by atoms with Gasteiger partial charge >= 0.3 is 11.9 Å². The summed E-state index contributed by atoms with van der Waals surface area (Å²) in [6.07, 6.45) is 0.372. The fraction of sp³-hybridized carbons (Fsp3) is 0.556. The standard InChI is InChI=1S/C9H14O4/c1-4-7(6(3)8(10)11)9(12)13-5-2/h4-5H2,1-3H3,(H,10,11). The minimum absolute atomic E-state index is 0.0564. The molecule has 1 N–H and O–H groups in total. The summed E-state index contributed by atoms with van der Waals surface area (Å²) in [5.41, 5.74) is 0.287. The van der Waals surface area contributed by atoms with E-state index < -0.39 is 11.9 Å². The molecule has 0 saturated heterocycles. The summed E-state index contributed by atoms with van der Waals surface area (Å²) >= 11 is 0. The molecule has 0 aliphatic heterocycles. The Balaban J connectivity index is 4.77. The van der Waals surface area contributed by atoms with Gasteiger partial charge in [-0.2, -0.15) is 0 Å². The summed E-state index contributed by atoms with van der Waals surface area (Å²) in [6, 6.07) is 0. The van der Waals surface area contributed by atoms with Crippen LogP contribution in [0.2, 0.25) is 0 Å². The van der Waals surface area contributed by atoms with Crippen molar-refractivity contribution in [2.24, 2.45) is 0 Å². The van der Waals surface area contributed by atoms with Crippen LogP contribution in [-0.4, -0.2) is 23.7 Å². The van der Waals surface area contributed by atoms with Crippen molar-refractivity contribution in [2.75, 3.05) is 6.61 Å². The molecule has 74 valence electrons. The highest BCUT2D eigenvalue weighted by Gasteiger charge is 2.15. The van der Waals surface area contributed by atoms with Crippen LogP contribution in [0.1, 0.15) is 27.2 Å². The number of carbonyl (C=O) groups excluding carboxylic acids is 1. The highest BCUT2D eigenvalue weighted by Crippen LogP contribution is 2.10. The first-order chi connectivity index (χ1) is 6.04. The van der Waals surface area contributed by atoms with Gasteiger partial charge in [0.15, 0.2) is 0 Å². The van der Waals surface area contributed by atoms with Crippen LogP contribution in [0.5, 0.6) is 0 Å². The second kappa shape index (κ2) is 5.35. The van der Waals surface area contributed by atoms with Gasteiger partial charge in [-0.1, -0.05) is 6.92 Å². The van der Waals surface area contributed by atoms with Crippen molar-refractivity contribution in [3.8, 4) is 0 Å². The van der Waals surface area contributed by atoms with Gasteiger partial charge in [0.1, 0.15) is 0 Å². The van der Waals surface area contributed by atoms with Gasteiger partial charge < -0.3 is 9.84 Å². The topological polar surface area (TPSA) is 63.6 Å². The number of carbonyl (C=O) groups is 2. The third-order valence-electron chi connectivity index (χ3n) is 1.65. The smallest absolute Gasteiger partial charge is 0.334 e. The second-order valence-electron chi connectivity index (χ2n) is 2.48. The van der Waals surface area contributed by atoms with Crippen molar-refractivity contribution in [1.29, 1.82) is 0 Å². The molecule has 0 rings (SSSR count). The van der Waals surface area contributed by atoms with Crippen molar-refractivity contribution < 1.29 is 19.4 Å². The minimum atomic E-state index is -1.08. The van der Waals surface area contributed by atoms with Gasteiger partial charge in [0.25, 0.3) is 0 Å². The average Bonchev–Trinajstić information content (AvgIpc) is 2.05. The molecule has 4 nitrogen and oxygen atoms in total. The zero-order valence-electron chi connectivity index (χ0n) is 8.09. The Morgan fingerprint density at radius 2 is 1.85 bits per heavy atom. The molecule has 0 aliphatic carbocycles. The maximum absolute atomic E-state index is 11.2. The number of hydrogen-bond acceptors (Lipinski definition) is 3. The minimum Gasteiger partial charge on any atom is -0.478 e. The van der Waals surface area contributed by atoms with Crippen LogP contribution in [0.25, 0.3) is 0 Å². The Labute approximate surface area is 77.2 Å². The number of hydrogen-bond donors (Lipinski definition) is 1. The van der Waals surface area contributed by atoms with Gasteiger partial charge in [-0.05, 0) is 20.3 Å². The highest BCUT2D eigenvalue weighted by molar-refractivity contribution is 5.99. The van der Waals surface area contributed by atoms with E-state index in [4.69, 9.17) is 9.84 Å². The molecule has 4 heteroatoms. The summed E-state index contributed by atoms with van der Waals surface area (Å²) in [6.45, 7) is 5.06. The molecule has 0 radical (unpaired) electrons. The average molecular weight is 186 g/mol. The van der Waals surface area contributed by atoms with E-state index in [2.05, 4.69) is 0 Å². The van der Waals surface area contributed by atoms with Crippen molar-refractivity contribution in [2.45, 2.75) is 27.2 Å². The Morgan fingerprint density at radius 1 is 1.31 bits per heavy atom. The van der Waals surface area contributed by atoms with Crippen molar-refractivity contribution in [3.05, 3.63) is 11.1 Å². The third-order valence-corrected chi connectivity index (χ3v) is 1.65. The third kappa shape index (κ3) is 3.27. The highest BCUT2D eigenvalue weighted by atomic mass is 16.5. The largest absolute Gasteiger partial charge is 0.478 e. The van der Waals surface area contributed by atoms with E-state index >= 15 is 0 Å². The molecule has 0 spiro atoms. The number of esters is 1. The SMILES string of the molecule is CCOC(=O)C(CC)=C(C)C(=O)O. The molecule has 0 heterocycles. The normalized spacial score (nSPS) is 11.9. The van der Waals surface area contributed by atoms with E-state index in [0.29, 0.717) is 6.42 Å². The molecule has 0 bridgehead atoms. The quantitative estimate of drug-likeness (QED) is 0.532. The first-order valence-electron chi connectivity index (χ1n) is 4.14. The molecule has 0 saturated carbocycles. The van der Waals surface area contributed by atoms with E-state index in [1.54, 1.807) is 13.8 Å². The lowest BCUT2D eigenvalue weighted by atomic mass is 10.1. The molecule has 0 aliphatic rings. The summed E-state index contributed by atoms with van der Waals surface area (Å²) in [4.78, 5) is 21.7. The van der Waals surface area contributed by atoms with Gasteiger partial charge in [-0.25, -0.2) is 9.59 Å². The van der Waals surface area contributed by atoms with Crippen LogP contribution < -0.4 is 0 Å². The zero-order valence-corrected chi connectivity index (χ0v) is 8.09. The predicted molar refractivity (Wildman–Crippen MR) is 47.3 cm³/mol. The second-order valence-corrected chi connectivity index (χ2v) is 2.48. The molecule has 0 aromatic carbocycles. The van der Waals surface area contributed by atoms with Gasteiger partial charge in [-0.3, -0.25) is 0 Å². The number of carboxylic acid groups (broad SMARTS) is 1. The van der Waals surface area contributed by atoms with E-state index in [1.165, 1.54) is 6.92 Å². The van der Waals surface area contributed by atoms with E-state index in [9.17, 15) is 9.59 Å². The predicted octanol–water partition coefficient (Wildman–Crippen LogP) is 1.36.